The van der Waals surface area contributed by atoms with Gasteiger partial charge in [0.25, 0.3) is 10.0 Å². The standard InChI is InChI=1S/C9H17N5O2S/c1-3-14-6-9(12-7-14)17(15,16)13(2)5-4-8(10)11/h6-7H,3-5H2,1-2H3,(H3,10,11). The third-order valence-electron chi connectivity index (χ3n) is 2.35. The average Bonchev–Trinajstić information content (AvgIpc) is 2.74. The van der Waals surface area contributed by atoms with Gasteiger partial charge in [0, 0.05) is 32.8 Å². The Hall–Kier alpha value is -1.41. The first-order chi connectivity index (χ1) is 7.87. The van der Waals surface area contributed by atoms with Gasteiger partial charge in [0.15, 0.2) is 5.03 Å². The van der Waals surface area contributed by atoms with Crippen molar-refractivity contribution in [1.82, 2.24) is 13.9 Å². The molecule has 0 aliphatic carbocycles. The van der Waals surface area contributed by atoms with Crippen molar-refractivity contribution in [3.05, 3.63) is 12.5 Å². The molecule has 0 saturated heterocycles. The minimum Gasteiger partial charge on any atom is -0.388 e. The lowest BCUT2D eigenvalue weighted by molar-refractivity contribution is 0.475. The summed E-state index contributed by atoms with van der Waals surface area (Å²) in [5, 5.41) is 7.09. The van der Waals surface area contributed by atoms with Crippen molar-refractivity contribution in [3.63, 3.8) is 0 Å². The predicted molar refractivity (Wildman–Crippen MR) is 64.2 cm³/mol. The first-order valence-electron chi connectivity index (χ1n) is 5.19. The summed E-state index contributed by atoms with van der Waals surface area (Å²) in [6, 6.07) is 0. The molecule has 1 rings (SSSR count). The first-order valence-corrected chi connectivity index (χ1v) is 6.63. The lowest BCUT2D eigenvalue weighted by Crippen LogP contribution is -2.30. The number of aryl methyl sites for hydroxylation is 1. The van der Waals surface area contributed by atoms with Crippen molar-refractivity contribution in [2.75, 3.05) is 13.6 Å². The van der Waals surface area contributed by atoms with Crippen LogP contribution >= 0.6 is 0 Å². The normalized spacial score (nSPS) is 11.9. The highest BCUT2D eigenvalue weighted by atomic mass is 32.2. The minimum atomic E-state index is -3.57. The Balaban J connectivity index is 2.83. The second-order valence-electron chi connectivity index (χ2n) is 3.64. The number of imidazole rings is 1. The van der Waals surface area contributed by atoms with Crippen LogP contribution in [-0.2, 0) is 16.6 Å². The van der Waals surface area contributed by atoms with Crippen molar-refractivity contribution < 1.29 is 8.42 Å². The first kappa shape index (κ1) is 13.7. The molecule has 8 heteroatoms. The van der Waals surface area contributed by atoms with E-state index in [1.54, 1.807) is 4.57 Å². The number of aromatic nitrogens is 2. The minimum absolute atomic E-state index is 0.0189. The number of nitrogens with one attached hydrogen (secondary N) is 1. The van der Waals surface area contributed by atoms with Crippen LogP contribution in [0.2, 0.25) is 0 Å². The Morgan fingerprint density at radius 2 is 2.29 bits per heavy atom. The van der Waals surface area contributed by atoms with Crippen molar-refractivity contribution >= 4 is 15.9 Å². The molecule has 0 amide bonds. The summed E-state index contributed by atoms with van der Waals surface area (Å²) in [6.07, 6.45) is 3.18. The van der Waals surface area contributed by atoms with Crippen LogP contribution in [0.4, 0.5) is 0 Å². The van der Waals surface area contributed by atoms with Gasteiger partial charge in [-0.05, 0) is 6.92 Å². The molecule has 0 unspecified atom stereocenters. The van der Waals surface area contributed by atoms with Crippen LogP contribution < -0.4 is 5.73 Å². The van der Waals surface area contributed by atoms with Crippen LogP contribution in [0, 0.1) is 5.41 Å². The van der Waals surface area contributed by atoms with Gasteiger partial charge in [-0.2, -0.15) is 4.31 Å². The lowest BCUT2D eigenvalue weighted by Gasteiger charge is -2.14. The molecule has 1 heterocycles. The van der Waals surface area contributed by atoms with E-state index >= 15 is 0 Å². The van der Waals surface area contributed by atoms with E-state index in [1.807, 2.05) is 6.92 Å². The van der Waals surface area contributed by atoms with E-state index in [0.29, 0.717) is 6.54 Å². The van der Waals surface area contributed by atoms with Crippen LogP contribution in [-0.4, -0.2) is 41.7 Å². The molecule has 0 fully saturated rings. The maximum Gasteiger partial charge on any atom is 0.261 e. The van der Waals surface area contributed by atoms with Crippen LogP contribution in [0.15, 0.2) is 17.6 Å². The smallest absolute Gasteiger partial charge is 0.261 e. The molecule has 0 aliphatic rings. The molecule has 0 spiro atoms. The van der Waals surface area contributed by atoms with Crippen LogP contribution in [0.3, 0.4) is 0 Å². The molecule has 96 valence electrons. The van der Waals surface area contributed by atoms with E-state index in [1.165, 1.54) is 19.6 Å². The highest BCUT2D eigenvalue weighted by Crippen LogP contribution is 2.11. The van der Waals surface area contributed by atoms with E-state index in [0.717, 1.165) is 4.31 Å². The average molecular weight is 259 g/mol. The number of rotatable bonds is 6. The summed E-state index contributed by atoms with van der Waals surface area (Å²) in [5.41, 5.74) is 5.19. The Kier molecular flexibility index (Phi) is 4.24. The summed E-state index contributed by atoms with van der Waals surface area (Å²) in [4.78, 5) is 3.86. The van der Waals surface area contributed by atoms with Gasteiger partial charge in [0.05, 0.1) is 12.2 Å². The zero-order valence-electron chi connectivity index (χ0n) is 9.92. The van der Waals surface area contributed by atoms with Gasteiger partial charge in [-0.1, -0.05) is 0 Å². The van der Waals surface area contributed by atoms with Gasteiger partial charge < -0.3 is 10.3 Å². The van der Waals surface area contributed by atoms with Crippen molar-refractivity contribution in [2.45, 2.75) is 24.9 Å². The Morgan fingerprint density at radius 1 is 1.65 bits per heavy atom. The van der Waals surface area contributed by atoms with Gasteiger partial charge in [-0.15, -0.1) is 0 Å². The molecule has 7 nitrogen and oxygen atoms in total. The zero-order chi connectivity index (χ0) is 13.1. The largest absolute Gasteiger partial charge is 0.388 e. The fraction of sp³-hybridized carbons (Fsp3) is 0.556. The Morgan fingerprint density at radius 3 is 2.76 bits per heavy atom. The van der Waals surface area contributed by atoms with Crippen LogP contribution in [0.1, 0.15) is 13.3 Å². The van der Waals surface area contributed by atoms with Gasteiger partial charge in [-0.3, -0.25) is 5.41 Å². The van der Waals surface area contributed by atoms with E-state index in [9.17, 15) is 8.42 Å². The SMILES string of the molecule is CCn1cnc(S(=O)(=O)N(C)CCC(=N)N)c1. The monoisotopic (exact) mass is 259 g/mol. The third-order valence-corrected chi connectivity index (χ3v) is 4.09. The fourth-order valence-corrected chi connectivity index (χ4v) is 2.30. The van der Waals surface area contributed by atoms with Crippen molar-refractivity contribution in [2.24, 2.45) is 5.73 Å². The zero-order valence-corrected chi connectivity index (χ0v) is 10.7. The summed E-state index contributed by atoms with van der Waals surface area (Å²) in [5.74, 6) is -0.0360. The number of sulfonamides is 1. The van der Waals surface area contributed by atoms with Gasteiger partial charge in [-0.25, -0.2) is 13.4 Å². The molecule has 0 aliphatic heterocycles. The van der Waals surface area contributed by atoms with Gasteiger partial charge in [0.2, 0.25) is 0 Å². The highest BCUT2D eigenvalue weighted by molar-refractivity contribution is 7.89. The molecular formula is C9H17N5O2S. The molecular weight excluding hydrogens is 242 g/mol. The second kappa shape index (κ2) is 5.28. The predicted octanol–water partition coefficient (Wildman–Crippen LogP) is -0.150. The molecule has 0 bridgehead atoms. The van der Waals surface area contributed by atoms with Gasteiger partial charge >= 0.3 is 0 Å². The maximum absolute atomic E-state index is 12.0. The summed E-state index contributed by atoms with van der Waals surface area (Å²) in [6.45, 7) is 2.74. The third kappa shape index (κ3) is 3.27. The number of hydrogen-bond donors (Lipinski definition) is 2. The number of nitrogens with zero attached hydrogens (tertiary/aromatic N) is 3. The second-order valence-corrected chi connectivity index (χ2v) is 5.64. The topological polar surface area (TPSA) is 105 Å². The number of amidine groups is 1. The highest BCUT2D eigenvalue weighted by Gasteiger charge is 2.23. The molecule has 0 atom stereocenters. The Bertz CT molecular complexity index is 493. The molecule has 1 aromatic rings. The molecule has 3 N–H and O–H groups in total. The number of hydrogen-bond acceptors (Lipinski definition) is 4. The van der Waals surface area contributed by atoms with Gasteiger partial charge in [0.1, 0.15) is 0 Å². The van der Waals surface area contributed by atoms with E-state index in [2.05, 4.69) is 4.98 Å². The van der Waals surface area contributed by atoms with Crippen LogP contribution in [0.25, 0.3) is 0 Å². The fourth-order valence-electron chi connectivity index (χ4n) is 1.20. The number of nitrogens with two attached hydrogens (primary N) is 1. The molecule has 1 aromatic heterocycles. The Labute approximate surface area is 101 Å². The molecule has 0 radical (unpaired) electrons. The van der Waals surface area contributed by atoms with Crippen LogP contribution in [0.5, 0.6) is 0 Å². The molecule has 0 saturated carbocycles. The van der Waals surface area contributed by atoms with E-state index in [4.69, 9.17) is 11.1 Å². The van der Waals surface area contributed by atoms with Crippen molar-refractivity contribution in [1.29, 1.82) is 5.41 Å². The van der Waals surface area contributed by atoms with E-state index < -0.39 is 10.0 Å². The van der Waals surface area contributed by atoms with E-state index in [-0.39, 0.29) is 23.8 Å². The summed E-state index contributed by atoms with van der Waals surface area (Å²) < 4.78 is 26.9. The van der Waals surface area contributed by atoms with Crippen molar-refractivity contribution in [3.8, 4) is 0 Å². The molecule has 17 heavy (non-hydrogen) atoms. The lowest BCUT2D eigenvalue weighted by atomic mass is 10.4. The summed E-state index contributed by atoms with van der Waals surface area (Å²) >= 11 is 0. The maximum atomic E-state index is 12.0. The molecule has 0 aromatic carbocycles. The summed E-state index contributed by atoms with van der Waals surface area (Å²) in [7, 11) is -2.13. The quantitative estimate of drug-likeness (QED) is 0.547.